The molecule has 0 bridgehead atoms. The van der Waals surface area contributed by atoms with Crippen LogP contribution in [0, 0.1) is 5.92 Å². The van der Waals surface area contributed by atoms with E-state index in [2.05, 4.69) is 12.6 Å². The van der Waals surface area contributed by atoms with Gasteiger partial charge in [0, 0.05) is 0 Å². The average Bonchev–Trinajstić information content (AvgIpc) is 1.36. The smallest absolute Gasteiger partial charge is 0.0782 e. The van der Waals surface area contributed by atoms with E-state index < -0.39 is 0 Å². The maximum atomic E-state index is 5.48. The van der Waals surface area contributed by atoms with Crippen molar-refractivity contribution in [3.8, 4) is 0 Å². The van der Waals surface area contributed by atoms with Gasteiger partial charge in [-0.15, -0.1) is 11.6 Å². The van der Waals surface area contributed by atoms with Crippen LogP contribution in [0.2, 0.25) is 0 Å². The first-order valence-corrected chi connectivity index (χ1v) is 2.92. The van der Waals surface area contributed by atoms with Crippen molar-refractivity contribution in [1.82, 2.24) is 0 Å². The summed E-state index contributed by atoms with van der Waals surface area (Å²) in [7, 11) is 0. The van der Waals surface area contributed by atoms with Crippen LogP contribution in [0.25, 0.3) is 0 Å². The van der Waals surface area contributed by atoms with Crippen LogP contribution in [0.4, 0.5) is 0 Å². The van der Waals surface area contributed by atoms with E-state index in [1.165, 1.54) is 0 Å². The summed E-state index contributed by atoms with van der Waals surface area (Å²) in [5, 5.41) is 0. The van der Waals surface area contributed by atoms with Crippen LogP contribution >= 0.6 is 24.2 Å². The molecule has 0 N–H and O–H groups in total. The van der Waals surface area contributed by atoms with E-state index in [0.29, 0.717) is 5.92 Å². The van der Waals surface area contributed by atoms with E-state index in [-0.39, 0.29) is 4.71 Å². The second-order valence-electron chi connectivity index (χ2n) is 1.62. The molecule has 0 rings (SSSR count). The van der Waals surface area contributed by atoms with Gasteiger partial charge in [-0.3, -0.25) is 0 Å². The van der Waals surface area contributed by atoms with Crippen LogP contribution < -0.4 is 0 Å². The van der Waals surface area contributed by atoms with Gasteiger partial charge >= 0.3 is 0 Å². The highest BCUT2D eigenvalue weighted by Gasteiger charge is 1.99. The van der Waals surface area contributed by atoms with Gasteiger partial charge in [-0.05, 0) is 5.92 Å². The van der Waals surface area contributed by atoms with Gasteiger partial charge < -0.3 is 0 Å². The fourth-order valence-electron chi connectivity index (χ4n) is 0. The van der Waals surface area contributed by atoms with Crippen molar-refractivity contribution in [1.29, 1.82) is 0 Å². The van der Waals surface area contributed by atoms with E-state index in [9.17, 15) is 0 Å². The number of alkyl halides is 1. The molecule has 0 heterocycles. The SMILES string of the molecule is CC(C)C(S)Cl. The molecular formula is C4H9ClS. The Morgan fingerprint density at radius 3 is 1.67 bits per heavy atom. The molecule has 0 saturated heterocycles. The van der Waals surface area contributed by atoms with Crippen molar-refractivity contribution < 1.29 is 0 Å². The topological polar surface area (TPSA) is 0 Å². The summed E-state index contributed by atoms with van der Waals surface area (Å²) in [4.78, 5) is 0. The second-order valence-corrected chi connectivity index (χ2v) is 2.95. The molecule has 0 aromatic rings. The molecule has 0 aliphatic heterocycles. The van der Waals surface area contributed by atoms with Gasteiger partial charge in [-0.1, -0.05) is 13.8 Å². The number of hydrogen-bond donors (Lipinski definition) is 1. The Bertz CT molecular complexity index is 28.5. The lowest BCUT2D eigenvalue weighted by Gasteiger charge is -2.01. The Morgan fingerprint density at radius 2 is 1.67 bits per heavy atom. The van der Waals surface area contributed by atoms with Gasteiger partial charge in [0.05, 0.1) is 4.71 Å². The van der Waals surface area contributed by atoms with Gasteiger partial charge in [-0.2, -0.15) is 12.6 Å². The Balaban J connectivity index is 2.99. The number of hydrogen-bond acceptors (Lipinski definition) is 1. The quantitative estimate of drug-likeness (QED) is 0.402. The minimum absolute atomic E-state index is 0.0185. The molecule has 0 spiro atoms. The molecule has 6 heavy (non-hydrogen) atoms. The highest BCUT2D eigenvalue weighted by Crippen LogP contribution is 2.11. The van der Waals surface area contributed by atoms with Crippen LogP contribution in [-0.4, -0.2) is 4.71 Å². The zero-order valence-electron chi connectivity index (χ0n) is 3.98. The minimum Gasteiger partial charge on any atom is -0.159 e. The zero-order chi connectivity index (χ0) is 5.15. The summed E-state index contributed by atoms with van der Waals surface area (Å²) < 4.78 is 0.0185. The highest BCUT2D eigenvalue weighted by molar-refractivity contribution is 7.82. The third-order valence-corrected chi connectivity index (χ3v) is 1.65. The van der Waals surface area contributed by atoms with Gasteiger partial charge in [0.25, 0.3) is 0 Å². The van der Waals surface area contributed by atoms with Gasteiger partial charge in [0.1, 0.15) is 0 Å². The molecule has 0 nitrogen and oxygen atoms in total. The molecule has 0 aliphatic rings. The second kappa shape index (κ2) is 2.75. The maximum Gasteiger partial charge on any atom is 0.0782 e. The van der Waals surface area contributed by atoms with Crippen LogP contribution in [-0.2, 0) is 0 Å². The van der Waals surface area contributed by atoms with Gasteiger partial charge in [0.2, 0.25) is 0 Å². The van der Waals surface area contributed by atoms with Crippen molar-refractivity contribution >= 4 is 24.2 Å². The van der Waals surface area contributed by atoms with Crippen LogP contribution in [0.5, 0.6) is 0 Å². The molecule has 0 aromatic heterocycles. The summed E-state index contributed by atoms with van der Waals surface area (Å²) in [5.41, 5.74) is 0. The third-order valence-electron chi connectivity index (χ3n) is 0.550. The fourth-order valence-corrected chi connectivity index (χ4v) is 0. The van der Waals surface area contributed by atoms with Gasteiger partial charge in [0.15, 0.2) is 0 Å². The van der Waals surface area contributed by atoms with Crippen molar-refractivity contribution in [3.05, 3.63) is 0 Å². The zero-order valence-corrected chi connectivity index (χ0v) is 5.63. The predicted molar refractivity (Wildman–Crippen MR) is 33.5 cm³/mol. The molecular weight excluding hydrogens is 116 g/mol. The standard InChI is InChI=1S/C4H9ClS/c1-3(2)4(5)6/h3-4,6H,1-2H3. The predicted octanol–water partition coefficient (Wildman–Crippen LogP) is 2.14. The Morgan fingerprint density at radius 1 is 1.50 bits per heavy atom. The van der Waals surface area contributed by atoms with Gasteiger partial charge in [-0.25, -0.2) is 0 Å². The first-order valence-electron chi connectivity index (χ1n) is 1.96. The van der Waals surface area contributed by atoms with E-state index in [1.807, 2.05) is 13.8 Å². The van der Waals surface area contributed by atoms with E-state index >= 15 is 0 Å². The molecule has 1 unspecified atom stereocenters. The largest absolute Gasteiger partial charge is 0.159 e. The molecule has 1 atom stereocenters. The fraction of sp³-hybridized carbons (Fsp3) is 1.00. The normalized spacial score (nSPS) is 15.5. The van der Waals surface area contributed by atoms with E-state index in [4.69, 9.17) is 11.6 Å². The molecule has 38 valence electrons. The first-order chi connectivity index (χ1) is 2.64. The highest BCUT2D eigenvalue weighted by atomic mass is 35.5. The third kappa shape index (κ3) is 2.86. The van der Waals surface area contributed by atoms with Crippen LogP contribution in [0.15, 0.2) is 0 Å². The molecule has 0 fully saturated rings. The van der Waals surface area contributed by atoms with Crippen molar-refractivity contribution in [2.45, 2.75) is 18.6 Å². The number of thiol groups is 1. The van der Waals surface area contributed by atoms with Crippen molar-refractivity contribution in [2.24, 2.45) is 5.92 Å². The average molecular weight is 125 g/mol. The maximum absolute atomic E-state index is 5.48. The first kappa shape index (κ1) is 6.64. The molecule has 0 amide bonds. The van der Waals surface area contributed by atoms with Crippen molar-refractivity contribution in [3.63, 3.8) is 0 Å². The molecule has 2 heteroatoms. The summed E-state index contributed by atoms with van der Waals surface area (Å²) >= 11 is 9.44. The Hall–Kier alpha value is 0.640. The number of halogens is 1. The molecule has 0 aromatic carbocycles. The Labute approximate surface area is 49.3 Å². The summed E-state index contributed by atoms with van der Waals surface area (Å²) in [6, 6.07) is 0. The lowest BCUT2D eigenvalue weighted by molar-refractivity contribution is 0.717. The van der Waals surface area contributed by atoms with E-state index in [1.54, 1.807) is 0 Å². The summed E-state index contributed by atoms with van der Waals surface area (Å²) in [6.07, 6.45) is 0. The van der Waals surface area contributed by atoms with Crippen LogP contribution in [0.3, 0.4) is 0 Å². The lowest BCUT2D eigenvalue weighted by atomic mass is 10.3. The lowest BCUT2D eigenvalue weighted by Crippen LogP contribution is -1.96. The molecule has 0 aliphatic carbocycles. The monoisotopic (exact) mass is 124 g/mol. The Kier molecular flexibility index (Phi) is 3.05. The van der Waals surface area contributed by atoms with Crippen LogP contribution in [0.1, 0.15) is 13.8 Å². The van der Waals surface area contributed by atoms with Crippen molar-refractivity contribution in [2.75, 3.05) is 0 Å². The van der Waals surface area contributed by atoms with E-state index in [0.717, 1.165) is 0 Å². The minimum atomic E-state index is 0.0185. The molecule has 0 radical (unpaired) electrons. The summed E-state index contributed by atoms with van der Waals surface area (Å²) in [6.45, 7) is 4.06. The molecule has 0 saturated carbocycles. The summed E-state index contributed by atoms with van der Waals surface area (Å²) in [5.74, 6) is 0.481. The number of rotatable bonds is 1.